The van der Waals surface area contributed by atoms with E-state index in [1.807, 2.05) is 30.3 Å². The Bertz CT molecular complexity index is 616. The average molecular weight is 240 g/mol. The summed E-state index contributed by atoms with van der Waals surface area (Å²) in [6.45, 7) is 0. The summed E-state index contributed by atoms with van der Waals surface area (Å²) in [6, 6.07) is 10.4. The Morgan fingerprint density at radius 1 is 1.39 bits per heavy atom. The Hall–Kier alpha value is -2.54. The molecule has 0 aliphatic rings. The van der Waals surface area contributed by atoms with Gasteiger partial charge >= 0.3 is 5.97 Å². The van der Waals surface area contributed by atoms with Crippen molar-refractivity contribution in [3.05, 3.63) is 36.4 Å². The van der Waals surface area contributed by atoms with Crippen LogP contribution in [0.2, 0.25) is 0 Å². The van der Waals surface area contributed by atoms with E-state index in [-0.39, 0.29) is 6.42 Å². The fourth-order valence-corrected chi connectivity index (χ4v) is 1.64. The first-order valence-corrected chi connectivity index (χ1v) is 5.49. The zero-order chi connectivity index (χ0) is 13.0. The average Bonchev–Trinajstić information content (AvgIpc) is 2.38. The summed E-state index contributed by atoms with van der Waals surface area (Å²) < 4.78 is 0. The third-order valence-electron chi connectivity index (χ3n) is 2.54. The van der Waals surface area contributed by atoms with Gasteiger partial charge in [0.05, 0.1) is 5.52 Å². The molecule has 0 bridgehead atoms. The van der Waals surface area contributed by atoms with Gasteiger partial charge < -0.3 is 10.4 Å². The molecule has 2 rings (SSSR count). The van der Waals surface area contributed by atoms with Gasteiger partial charge in [-0.1, -0.05) is 18.2 Å². The number of pyridine rings is 1. The quantitative estimate of drug-likeness (QED) is 0.803. The smallest absolute Gasteiger partial charge is 0.327 e. The van der Waals surface area contributed by atoms with Crippen LogP contribution < -0.4 is 5.32 Å². The first kappa shape index (κ1) is 11.9. The van der Waals surface area contributed by atoms with Gasteiger partial charge in [0, 0.05) is 11.8 Å². The molecule has 0 saturated carbocycles. The molecule has 4 nitrogen and oxygen atoms in total. The molecule has 2 N–H and O–H groups in total. The van der Waals surface area contributed by atoms with Crippen molar-refractivity contribution in [2.75, 3.05) is 5.32 Å². The lowest BCUT2D eigenvalue weighted by Gasteiger charge is -2.12. The number of fused-ring (bicyclic) bond motifs is 1. The first-order valence-electron chi connectivity index (χ1n) is 5.49. The van der Waals surface area contributed by atoms with Gasteiger partial charge in [-0.25, -0.2) is 9.78 Å². The van der Waals surface area contributed by atoms with Gasteiger partial charge in [0.15, 0.2) is 0 Å². The lowest BCUT2D eigenvalue weighted by Crippen LogP contribution is -2.29. The number of terminal acetylenes is 1. The third-order valence-corrected chi connectivity index (χ3v) is 2.54. The number of anilines is 1. The number of nitrogens with one attached hydrogen (secondary N) is 1. The Labute approximate surface area is 105 Å². The van der Waals surface area contributed by atoms with E-state index in [1.54, 1.807) is 6.07 Å². The van der Waals surface area contributed by atoms with Crippen molar-refractivity contribution in [2.24, 2.45) is 0 Å². The van der Waals surface area contributed by atoms with Crippen molar-refractivity contribution < 1.29 is 9.90 Å². The zero-order valence-electron chi connectivity index (χ0n) is 9.63. The summed E-state index contributed by atoms with van der Waals surface area (Å²) in [6.07, 6.45) is 5.25. The van der Waals surface area contributed by atoms with E-state index in [4.69, 9.17) is 11.5 Å². The molecule has 0 amide bonds. The second-order valence-electron chi connectivity index (χ2n) is 3.83. The Kier molecular flexibility index (Phi) is 3.44. The number of para-hydroxylation sites is 1. The Morgan fingerprint density at radius 2 is 2.17 bits per heavy atom. The van der Waals surface area contributed by atoms with Crippen LogP contribution in [0.25, 0.3) is 10.9 Å². The molecule has 0 saturated heterocycles. The Morgan fingerprint density at radius 3 is 2.89 bits per heavy atom. The topological polar surface area (TPSA) is 62.2 Å². The fraction of sp³-hybridized carbons (Fsp3) is 0.143. The maximum absolute atomic E-state index is 11.0. The lowest BCUT2D eigenvalue weighted by atomic mass is 10.2. The monoisotopic (exact) mass is 240 g/mol. The molecular formula is C14H12N2O2. The van der Waals surface area contributed by atoms with Crippen LogP contribution in [0.5, 0.6) is 0 Å². The molecule has 1 unspecified atom stereocenters. The number of carboxylic acids is 1. The number of hydrogen-bond acceptors (Lipinski definition) is 3. The number of carbonyl (C=O) groups is 1. The summed E-state index contributed by atoms with van der Waals surface area (Å²) in [5, 5.41) is 12.8. The maximum Gasteiger partial charge on any atom is 0.327 e. The number of nitrogens with zero attached hydrogens (tertiary/aromatic N) is 1. The normalized spacial score (nSPS) is 11.7. The zero-order valence-corrected chi connectivity index (χ0v) is 9.63. The standard InChI is InChI=1S/C14H12N2O2/c1-2-5-12(14(17)18)16-13-9-8-10-6-3-4-7-11(10)15-13/h1,3-4,6-9,12H,5H2,(H,15,16)(H,17,18). The number of rotatable bonds is 4. The first-order chi connectivity index (χ1) is 8.70. The van der Waals surface area contributed by atoms with Crippen molar-refractivity contribution in [2.45, 2.75) is 12.5 Å². The van der Waals surface area contributed by atoms with Gasteiger partial charge in [-0.15, -0.1) is 12.3 Å². The molecule has 90 valence electrons. The van der Waals surface area contributed by atoms with E-state index >= 15 is 0 Å². The van der Waals surface area contributed by atoms with Crippen LogP contribution in [0.4, 0.5) is 5.82 Å². The van der Waals surface area contributed by atoms with Crippen LogP contribution in [-0.2, 0) is 4.79 Å². The second kappa shape index (κ2) is 5.19. The number of hydrogen-bond donors (Lipinski definition) is 2. The predicted octanol–water partition coefficient (Wildman–Crippen LogP) is 2.12. The van der Waals surface area contributed by atoms with Gasteiger partial charge in [0.1, 0.15) is 11.9 Å². The molecule has 1 aromatic heterocycles. The van der Waals surface area contributed by atoms with Gasteiger partial charge in [-0.3, -0.25) is 0 Å². The van der Waals surface area contributed by atoms with Crippen LogP contribution in [0.15, 0.2) is 36.4 Å². The van der Waals surface area contributed by atoms with Crippen molar-refractivity contribution >= 4 is 22.7 Å². The molecule has 0 aliphatic carbocycles. The highest BCUT2D eigenvalue weighted by Gasteiger charge is 2.16. The summed E-state index contributed by atoms with van der Waals surface area (Å²) in [5.74, 6) is 1.86. The minimum atomic E-state index is -0.983. The minimum Gasteiger partial charge on any atom is -0.480 e. The van der Waals surface area contributed by atoms with Gasteiger partial charge in [-0.2, -0.15) is 0 Å². The van der Waals surface area contributed by atoms with Crippen molar-refractivity contribution in [1.29, 1.82) is 0 Å². The van der Waals surface area contributed by atoms with E-state index in [9.17, 15) is 4.79 Å². The highest BCUT2D eigenvalue weighted by molar-refractivity contribution is 5.81. The molecule has 4 heteroatoms. The molecule has 0 spiro atoms. The number of benzene rings is 1. The largest absolute Gasteiger partial charge is 0.480 e. The van der Waals surface area contributed by atoms with E-state index in [1.165, 1.54) is 0 Å². The molecule has 1 atom stereocenters. The summed E-state index contributed by atoms with van der Waals surface area (Å²) in [7, 11) is 0. The predicted molar refractivity (Wildman–Crippen MR) is 70.2 cm³/mol. The third kappa shape index (κ3) is 2.58. The second-order valence-corrected chi connectivity index (χ2v) is 3.83. The van der Waals surface area contributed by atoms with Crippen LogP contribution in [0.3, 0.4) is 0 Å². The maximum atomic E-state index is 11.0. The highest BCUT2D eigenvalue weighted by Crippen LogP contribution is 2.15. The van der Waals surface area contributed by atoms with E-state index in [0.29, 0.717) is 5.82 Å². The molecule has 18 heavy (non-hydrogen) atoms. The summed E-state index contributed by atoms with van der Waals surface area (Å²) >= 11 is 0. The van der Waals surface area contributed by atoms with Crippen molar-refractivity contribution in [1.82, 2.24) is 4.98 Å². The molecule has 2 aromatic rings. The van der Waals surface area contributed by atoms with Crippen molar-refractivity contribution in [3.63, 3.8) is 0 Å². The molecular weight excluding hydrogens is 228 g/mol. The van der Waals surface area contributed by atoms with Crippen LogP contribution in [-0.4, -0.2) is 22.1 Å². The van der Waals surface area contributed by atoms with E-state index < -0.39 is 12.0 Å². The van der Waals surface area contributed by atoms with Crippen LogP contribution in [0, 0.1) is 12.3 Å². The lowest BCUT2D eigenvalue weighted by molar-refractivity contribution is -0.137. The molecule has 0 aliphatic heterocycles. The number of carboxylic acid groups (broad SMARTS) is 1. The van der Waals surface area contributed by atoms with Gasteiger partial charge in [0.25, 0.3) is 0 Å². The molecule has 0 radical (unpaired) electrons. The molecule has 1 aromatic carbocycles. The van der Waals surface area contributed by atoms with E-state index in [0.717, 1.165) is 10.9 Å². The van der Waals surface area contributed by atoms with Gasteiger partial charge in [-0.05, 0) is 18.2 Å². The fourth-order valence-electron chi connectivity index (χ4n) is 1.64. The number of aromatic nitrogens is 1. The molecule has 1 heterocycles. The summed E-state index contributed by atoms with van der Waals surface area (Å²) in [5.41, 5.74) is 0.812. The summed E-state index contributed by atoms with van der Waals surface area (Å²) in [4.78, 5) is 15.3. The Balaban J connectivity index is 2.26. The van der Waals surface area contributed by atoms with Crippen LogP contribution in [0.1, 0.15) is 6.42 Å². The van der Waals surface area contributed by atoms with E-state index in [2.05, 4.69) is 16.2 Å². The van der Waals surface area contributed by atoms with Crippen LogP contribution >= 0.6 is 0 Å². The van der Waals surface area contributed by atoms with Crippen molar-refractivity contribution in [3.8, 4) is 12.3 Å². The van der Waals surface area contributed by atoms with Gasteiger partial charge in [0.2, 0.25) is 0 Å². The number of aliphatic carboxylic acids is 1. The molecule has 0 fully saturated rings. The minimum absolute atomic E-state index is 0.115. The highest BCUT2D eigenvalue weighted by atomic mass is 16.4. The SMILES string of the molecule is C#CCC(Nc1ccc2ccccc2n1)C(=O)O.